The number of amides is 1. The number of benzene rings is 3. The van der Waals surface area contributed by atoms with Crippen molar-refractivity contribution in [1.29, 1.82) is 0 Å². The highest BCUT2D eigenvalue weighted by Crippen LogP contribution is 2.32. The highest BCUT2D eigenvalue weighted by Gasteiger charge is 2.35. The Labute approximate surface area is 237 Å². The molecule has 4 nitrogen and oxygen atoms in total. The van der Waals surface area contributed by atoms with Gasteiger partial charge in [0.25, 0.3) is 5.91 Å². The summed E-state index contributed by atoms with van der Waals surface area (Å²) in [5.74, 6) is 0.0697. The Kier molecular flexibility index (Phi) is 9.09. The molecular weight excluding hydrogens is 562 g/mol. The number of hydrogen-bond acceptors (Lipinski definition) is 3. The Morgan fingerprint density at radius 1 is 0.949 bits per heavy atom. The van der Waals surface area contributed by atoms with E-state index in [2.05, 4.69) is 45.5 Å². The number of nitrogens with zero attached hydrogens (tertiary/aromatic N) is 1. The van der Waals surface area contributed by atoms with Gasteiger partial charge in [0.1, 0.15) is 17.4 Å². The average Bonchev–Trinajstić information content (AvgIpc) is 3.80. The molecule has 0 bridgehead atoms. The first-order chi connectivity index (χ1) is 19.0. The van der Waals surface area contributed by atoms with E-state index in [4.69, 9.17) is 4.74 Å². The molecule has 1 aliphatic heterocycles. The Hall–Kier alpha value is -3.03. The topological polar surface area (TPSA) is 41.6 Å². The van der Waals surface area contributed by atoms with E-state index in [0.29, 0.717) is 37.9 Å². The third-order valence-corrected chi connectivity index (χ3v) is 8.00. The van der Waals surface area contributed by atoms with Crippen molar-refractivity contribution >= 4 is 27.4 Å². The van der Waals surface area contributed by atoms with Crippen LogP contribution in [0, 0.1) is 11.6 Å². The maximum atomic E-state index is 13.8. The van der Waals surface area contributed by atoms with E-state index in [1.165, 1.54) is 29.8 Å². The fraction of sp³-hybridized carbons (Fsp3) is 0.344. The van der Waals surface area contributed by atoms with Gasteiger partial charge in [-0.3, -0.25) is 4.79 Å². The van der Waals surface area contributed by atoms with Crippen molar-refractivity contribution in [2.24, 2.45) is 0 Å². The molecule has 204 valence electrons. The normalized spacial score (nSPS) is 15.4. The third-order valence-electron chi connectivity index (χ3n) is 7.34. The van der Waals surface area contributed by atoms with Crippen LogP contribution in [0.3, 0.4) is 0 Å². The molecule has 39 heavy (non-hydrogen) atoms. The van der Waals surface area contributed by atoms with Crippen LogP contribution in [0.15, 0.2) is 76.8 Å². The Morgan fingerprint density at radius 3 is 2.38 bits per heavy atom. The van der Waals surface area contributed by atoms with Gasteiger partial charge in [0, 0.05) is 30.8 Å². The summed E-state index contributed by atoms with van der Waals surface area (Å²) >= 11 is 3.39. The number of ether oxygens (including phenoxy) is 1. The number of hydrogen-bond donors (Lipinski definition) is 1. The van der Waals surface area contributed by atoms with E-state index in [1.54, 1.807) is 18.2 Å². The Morgan fingerprint density at radius 2 is 1.64 bits per heavy atom. The average molecular weight is 596 g/mol. The predicted molar refractivity (Wildman–Crippen MR) is 154 cm³/mol. The van der Waals surface area contributed by atoms with Gasteiger partial charge in [0.2, 0.25) is 0 Å². The molecule has 1 amide bonds. The fourth-order valence-corrected chi connectivity index (χ4v) is 5.40. The molecule has 0 saturated heterocycles. The molecule has 5 rings (SSSR count). The number of nitrogens with one attached hydrogen (secondary N) is 1. The zero-order valence-corrected chi connectivity index (χ0v) is 23.5. The molecule has 2 aliphatic rings. The fourth-order valence-electron chi connectivity index (χ4n) is 5.04. The van der Waals surface area contributed by atoms with Gasteiger partial charge in [-0.2, -0.15) is 0 Å². The maximum Gasteiger partial charge on any atom is 0.251 e. The summed E-state index contributed by atoms with van der Waals surface area (Å²) in [5.41, 5.74) is 5.31. The van der Waals surface area contributed by atoms with E-state index < -0.39 is 0 Å². The molecule has 0 spiro atoms. The van der Waals surface area contributed by atoms with Crippen molar-refractivity contribution in [2.45, 2.75) is 44.6 Å². The molecule has 1 N–H and O–H groups in total. The minimum Gasteiger partial charge on any atom is -0.492 e. The summed E-state index contributed by atoms with van der Waals surface area (Å²) in [6.45, 7) is 2.55. The summed E-state index contributed by atoms with van der Waals surface area (Å²) in [4.78, 5) is 15.8. The lowest BCUT2D eigenvalue weighted by Gasteiger charge is -2.28. The van der Waals surface area contributed by atoms with Gasteiger partial charge >= 0.3 is 0 Å². The van der Waals surface area contributed by atoms with Gasteiger partial charge in [0.15, 0.2) is 0 Å². The summed E-state index contributed by atoms with van der Waals surface area (Å²) in [6, 6.07) is 19.8. The van der Waals surface area contributed by atoms with E-state index in [1.807, 2.05) is 4.90 Å². The lowest BCUT2D eigenvalue weighted by Crippen LogP contribution is -2.40. The number of halogens is 3. The van der Waals surface area contributed by atoms with Gasteiger partial charge in [-0.1, -0.05) is 36.4 Å². The van der Waals surface area contributed by atoms with Gasteiger partial charge in [-0.15, -0.1) is 0 Å². The van der Waals surface area contributed by atoms with Crippen LogP contribution < -0.4 is 10.1 Å². The first kappa shape index (κ1) is 27.5. The molecule has 1 heterocycles. The summed E-state index contributed by atoms with van der Waals surface area (Å²) in [6.07, 6.45) is 5.27. The monoisotopic (exact) mass is 594 g/mol. The second kappa shape index (κ2) is 12.9. The number of carbonyl (C=O) groups is 1. The summed E-state index contributed by atoms with van der Waals surface area (Å²) in [7, 11) is 0. The molecule has 3 aromatic carbocycles. The zero-order valence-electron chi connectivity index (χ0n) is 21.9. The predicted octanol–water partition coefficient (Wildman–Crippen LogP) is 6.72. The van der Waals surface area contributed by atoms with Crippen LogP contribution in [0.1, 0.15) is 42.4 Å². The van der Waals surface area contributed by atoms with Crippen molar-refractivity contribution in [2.75, 3.05) is 26.2 Å². The molecule has 3 aromatic rings. The molecule has 7 heteroatoms. The van der Waals surface area contributed by atoms with Crippen LogP contribution in [-0.4, -0.2) is 43.1 Å². The van der Waals surface area contributed by atoms with Crippen LogP contribution in [0.4, 0.5) is 8.78 Å². The lowest BCUT2D eigenvalue weighted by atomic mass is 9.92. The van der Waals surface area contributed by atoms with E-state index in [-0.39, 0.29) is 17.5 Å². The van der Waals surface area contributed by atoms with Crippen LogP contribution in [0.2, 0.25) is 0 Å². The standard InChI is InChI=1S/C32H33BrF2N2O2/c33-30-14-11-26(35)20-31(30)39-19-1-2-22-3-7-24(8-4-22)28-15-17-36-21-29(28)32(38)37(27-12-13-27)18-16-23-5-9-25(34)10-6-23/h3-11,14,20,27,36H,1-2,12-13,15-19,21H2. The number of carbonyl (C=O) groups excluding carboxylic acids is 1. The summed E-state index contributed by atoms with van der Waals surface area (Å²) < 4.78 is 33.2. The van der Waals surface area contributed by atoms with Crippen molar-refractivity contribution in [3.8, 4) is 5.75 Å². The maximum absolute atomic E-state index is 13.8. The number of rotatable bonds is 11. The minimum atomic E-state index is -0.318. The van der Waals surface area contributed by atoms with Crippen LogP contribution in [-0.2, 0) is 17.6 Å². The van der Waals surface area contributed by atoms with E-state index in [0.717, 1.165) is 65.4 Å². The van der Waals surface area contributed by atoms with Crippen molar-refractivity contribution < 1.29 is 18.3 Å². The quantitative estimate of drug-likeness (QED) is 0.251. The highest BCUT2D eigenvalue weighted by atomic mass is 79.9. The smallest absolute Gasteiger partial charge is 0.251 e. The van der Waals surface area contributed by atoms with E-state index in [9.17, 15) is 13.6 Å². The molecule has 0 aromatic heterocycles. The molecule has 0 atom stereocenters. The second-order valence-corrected chi connectivity index (χ2v) is 11.1. The SMILES string of the molecule is O=C(C1=C(c2ccc(CCCOc3cc(F)ccc3Br)cc2)CCNC1)N(CCc1ccc(F)cc1)C1CC1. The Balaban J connectivity index is 1.22. The summed E-state index contributed by atoms with van der Waals surface area (Å²) in [5, 5.41) is 3.39. The van der Waals surface area contributed by atoms with Crippen molar-refractivity contribution in [1.82, 2.24) is 10.2 Å². The molecule has 1 fully saturated rings. The van der Waals surface area contributed by atoms with Crippen molar-refractivity contribution in [3.05, 3.63) is 105 Å². The molecule has 1 aliphatic carbocycles. The second-order valence-electron chi connectivity index (χ2n) is 10.2. The van der Waals surface area contributed by atoms with Crippen LogP contribution in [0.5, 0.6) is 5.75 Å². The zero-order chi connectivity index (χ0) is 27.2. The minimum absolute atomic E-state index is 0.117. The first-order valence-electron chi connectivity index (χ1n) is 13.6. The van der Waals surface area contributed by atoms with Gasteiger partial charge < -0.3 is 15.0 Å². The Bertz CT molecular complexity index is 1320. The van der Waals surface area contributed by atoms with Crippen LogP contribution >= 0.6 is 15.9 Å². The van der Waals surface area contributed by atoms with Crippen molar-refractivity contribution in [3.63, 3.8) is 0 Å². The van der Waals surface area contributed by atoms with Gasteiger partial charge in [0.05, 0.1) is 11.1 Å². The third kappa shape index (κ3) is 7.34. The molecule has 1 saturated carbocycles. The van der Waals surface area contributed by atoms with E-state index >= 15 is 0 Å². The van der Waals surface area contributed by atoms with Gasteiger partial charge in [-0.05, 0) is 108 Å². The molecule has 0 unspecified atom stereocenters. The highest BCUT2D eigenvalue weighted by molar-refractivity contribution is 9.10. The lowest BCUT2D eigenvalue weighted by molar-refractivity contribution is -0.127. The largest absolute Gasteiger partial charge is 0.492 e. The molecular formula is C32H33BrF2N2O2. The number of aryl methyl sites for hydroxylation is 1. The van der Waals surface area contributed by atoms with Gasteiger partial charge in [-0.25, -0.2) is 8.78 Å². The molecule has 0 radical (unpaired) electrons. The first-order valence-corrected chi connectivity index (χ1v) is 14.4. The van der Waals surface area contributed by atoms with Crippen LogP contribution in [0.25, 0.3) is 5.57 Å².